The van der Waals surface area contributed by atoms with E-state index in [-0.39, 0.29) is 0 Å². The third-order valence-electron chi connectivity index (χ3n) is 8.58. The van der Waals surface area contributed by atoms with Gasteiger partial charge in [0.25, 0.3) is 0 Å². The quantitative estimate of drug-likeness (QED) is 0.198. The third kappa shape index (κ3) is 4.10. The maximum atomic E-state index is 4.88. The van der Waals surface area contributed by atoms with E-state index in [4.69, 9.17) is 4.98 Å². The molecule has 0 aliphatic rings. The molecule has 6 heteroatoms. The second kappa shape index (κ2) is 10.3. The molecule has 214 valence electrons. The topological polar surface area (TPSA) is 40.6 Å². The summed E-state index contributed by atoms with van der Waals surface area (Å²) in [5, 5.41) is 4.88. The first-order valence-corrected chi connectivity index (χ1v) is 15.8. The highest BCUT2D eigenvalue weighted by atomic mass is 32.2. The van der Waals surface area contributed by atoms with Gasteiger partial charge in [0.05, 0.1) is 22.1 Å². The van der Waals surface area contributed by atoms with Crippen molar-refractivity contribution in [2.24, 2.45) is 7.05 Å². The van der Waals surface area contributed by atoms with Crippen molar-refractivity contribution in [1.82, 2.24) is 23.7 Å². The summed E-state index contributed by atoms with van der Waals surface area (Å²) in [5.41, 5.74) is 6.93. The Hall–Kier alpha value is -5.59. The Morgan fingerprint density at radius 3 is 2.22 bits per heavy atom. The van der Waals surface area contributed by atoms with Crippen LogP contribution in [0.5, 0.6) is 0 Å². The third-order valence-corrected chi connectivity index (χ3v) is 9.56. The van der Waals surface area contributed by atoms with E-state index in [9.17, 15) is 0 Å². The van der Waals surface area contributed by atoms with Crippen LogP contribution in [0, 0.1) is 0 Å². The molecule has 0 fully saturated rings. The molecule has 9 rings (SSSR count). The zero-order chi connectivity index (χ0) is 29.9. The monoisotopic (exact) mass is 597 g/mol. The Kier molecular flexibility index (Phi) is 5.89. The van der Waals surface area contributed by atoms with Crippen LogP contribution in [0.1, 0.15) is 0 Å². The Morgan fingerprint density at radius 2 is 1.38 bits per heavy atom. The average molecular weight is 598 g/mol. The van der Waals surface area contributed by atoms with E-state index in [0.717, 1.165) is 28.4 Å². The summed E-state index contributed by atoms with van der Waals surface area (Å²) in [5.74, 6) is 1.86. The van der Waals surface area contributed by atoms with Gasteiger partial charge in [-0.15, -0.1) is 0 Å². The minimum absolute atomic E-state index is 0.903. The summed E-state index contributed by atoms with van der Waals surface area (Å²) in [6, 6.07) is 45.5. The maximum Gasteiger partial charge on any atom is 0.139 e. The molecular formula is C39H27N5S. The number of hydrogen-bond acceptors (Lipinski definition) is 3. The fourth-order valence-corrected chi connectivity index (χ4v) is 7.57. The van der Waals surface area contributed by atoms with Gasteiger partial charge in [-0.1, -0.05) is 78.5 Å². The van der Waals surface area contributed by atoms with Crippen LogP contribution in [0.4, 0.5) is 0 Å². The van der Waals surface area contributed by atoms with E-state index < -0.39 is 0 Å². The van der Waals surface area contributed by atoms with Crippen LogP contribution in [0.15, 0.2) is 156 Å². The molecule has 0 spiro atoms. The first kappa shape index (κ1) is 25.9. The molecule has 0 amide bonds. The number of hydrogen-bond donors (Lipinski definition) is 0. The number of imidazole rings is 1. The molecule has 9 aromatic rings. The first-order chi connectivity index (χ1) is 22.2. The van der Waals surface area contributed by atoms with Gasteiger partial charge < -0.3 is 9.13 Å². The predicted octanol–water partition coefficient (Wildman–Crippen LogP) is 9.83. The van der Waals surface area contributed by atoms with E-state index in [0.29, 0.717) is 0 Å². The van der Waals surface area contributed by atoms with Crippen LogP contribution in [-0.4, -0.2) is 23.7 Å². The van der Waals surface area contributed by atoms with E-state index in [1.807, 2.05) is 31.7 Å². The summed E-state index contributed by atoms with van der Waals surface area (Å²) < 4.78 is 6.78. The van der Waals surface area contributed by atoms with Gasteiger partial charge in [-0.05, 0) is 60.7 Å². The zero-order valence-electron chi connectivity index (χ0n) is 24.5. The van der Waals surface area contributed by atoms with Gasteiger partial charge in [0.1, 0.15) is 11.6 Å². The Bertz CT molecular complexity index is 2520. The van der Waals surface area contributed by atoms with Crippen molar-refractivity contribution in [3.63, 3.8) is 0 Å². The SMILES string of the molecule is Cn1ccnc1-c1cccc(Sc2ccc3c4ccc5c(c6ccccc6n5-c5ccccc5)c4n(-c4ccccn4)c3c2)c1. The zero-order valence-corrected chi connectivity index (χ0v) is 25.3. The number of aryl methyl sites for hydroxylation is 1. The lowest BCUT2D eigenvalue weighted by molar-refractivity contribution is 0.924. The normalized spacial score (nSPS) is 11.8. The van der Waals surface area contributed by atoms with Crippen molar-refractivity contribution in [3.05, 3.63) is 146 Å². The summed E-state index contributed by atoms with van der Waals surface area (Å²) in [4.78, 5) is 11.8. The Labute approximate surface area is 264 Å². The van der Waals surface area contributed by atoms with Crippen molar-refractivity contribution >= 4 is 55.4 Å². The molecule has 0 bridgehead atoms. The summed E-state index contributed by atoms with van der Waals surface area (Å²) in [7, 11) is 2.03. The van der Waals surface area contributed by atoms with E-state index in [2.05, 4.69) is 140 Å². The van der Waals surface area contributed by atoms with Crippen molar-refractivity contribution in [2.45, 2.75) is 9.79 Å². The van der Waals surface area contributed by atoms with Gasteiger partial charge >= 0.3 is 0 Å². The molecule has 0 saturated carbocycles. The molecular weight excluding hydrogens is 571 g/mol. The highest BCUT2D eigenvalue weighted by molar-refractivity contribution is 7.99. The molecule has 45 heavy (non-hydrogen) atoms. The largest absolute Gasteiger partial charge is 0.334 e. The molecule has 0 aliphatic carbocycles. The van der Waals surface area contributed by atoms with Gasteiger partial charge in [0, 0.05) is 68.2 Å². The van der Waals surface area contributed by atoms with E-state index in [1.165, 1.54) is 47.9 Å². The van der Waals surface area contributed by atoms with Crippen LogP contribution >= 0.6 is 11.8 Å². The van der Waals surface area contributed by atoms with Crippen LogP contribution in [0.3, 0.4) is 0 Å². The van der Waals surface area contributed by atoms with Gasteiger partial charge in [-0.25, -0.2) is 9.97 Å². The molecule has 4 heterocycles. The van der Waals surface area contributed by atoms with Crippen LogP contribution < -0.4 is 0 Å². The molecule has 5 aromatic carbocycles. The van der Waals surface area contributed by atoms with E-state index in [1.54, 1.807) is 11.8 Å². The number of fused-ring (bicyclic) bond motifs is 7. The lowest BCUT2D eigenvalue weighted by Crippen LogP contribution is -1.97. The van der Waals surface area contributed by atoms with Gasteiger partial charge in [0.15, 0.2) is 0 Å². The fourth-order valence-electron chi connectivity index (χ4n) is 6.66. The highest BCUT2D eigenvalue weighted by Crippen LogP contribution is 2.43. The lowest BCUT2D eigenvalue weighted by atomic mass is 10.1. The molecule has 0 aliphatic heterocycles. The van der Waals surface area contributed by atoms with Crippen LogP contribution in [0.2, 0.25) is 0 Å². The number of rotatable bonds is 5. The molecule has 0 N–H and O–H groups in total. The first-order valence-electron chi connectivity index (χ1n) is 15.0. The smallest absolute Gasteiger partial charge is 0.139 e. The second-order valence-corrected chi connectivity index (χ2v) is 12.4. The number of para-hydroxylation sites is 2. The molecule has 0 atom stereocenters. The number of pyridine rings is 1. The summed E-state index contributed by atoms with van der Waals surface area (Å²) in [6.45, 7) is 0. The molecule has 0 unspecified atom stereocenters. The maximum absolute atomic E-state index is 4.88. The summed E-state index contributed by atoms with van der Waals surface area (Å²) >= 11 is 1.77. The summed E-state index contributed by atoms with van der Waals surface area (Å²) in [6.07, 6.45) is 5.70. The van der Waals surface area contributed by atoms with Crippen LogP contribution in [-0.2, 0) is 7.05 Å². The number of aromatic nitrogens is 5. The number of benzene rings is 5. The molecule has 0 radical (unpaired) electrons. The molecule has 0 saturated heterocycles. The van der Waals surface area contributed by atoms with Gasteiger partial charge in [-0.3, -0.25) is 4.57 Å². The lowest BCUT2D eigenvalue weighted by Gasteiger charge is -2.10. The fraction of sp³-hybridized carbons (Fsp3) is 0.0256. The Balaban J connectivity index is 1.31. The Morgan fingerprint density at radius 1 is 0.556 bits per heavy atom. The van der Waals surface area contributed by atoms with Gasteiger partial charge in [0.2, 0.25) is 0 Å². The van der Waals surface area contributed by atoms with Crippen molar-refractivity contribution < 1.29 is 0 Å². The average Bonchev–Trinajstić information content (AvgIpc) is 3.77. The van der Waals surface area contributed by atoms with Crippen LogP contribution in [0.25, 0.3) is 66.5 Å². The van der Waals surface area contributed by atoms with E-state index >= 15 is 0 Å². The number of nitrogens with zero attached hydrogens (tertiary/aromatic N) is 5. The van der Waals surface area contributed by atoms with Crippen molar-refractivity contribution in [2.75, 3.05) is 0 Å². The predicted molar refractivity (Wildman–Crippen MR) is 186 cm³/mol. The van der Waals surface area contributed by atoms with Crippen molar-refractivity contribution in [1.29, 1.82) is 0 Å². The molecule has 5 nitrogen and oxygen atoms in total. The minimum atomic E-state index is 0.903. The highest BCUT2D eigenvalue weighted by Gasteiger charge is 2.21. The second-order valence-electron chi connectivity index (χ2n) is 11.2. The molecule has 4 aromatic heterocycles. The van der Waals surface area contributed by atoms with Gasteiger partial charge in [-0.2, -0.15) is 0 Å². The van der Waals surface area contributed by atoms with Crippen molar-refractivity contribution in [3.8, 4) is 22.9 Å². The minimum Gasteiger partial charge on any atom is -0.334 e. The standard InChI is InChI=1S/C39H27N5S/c1-42-23-22-41-39(42)26-10-9-13-28(24-26)45-29-17-18-30-31-19-20-34-37(38(31)44(35(30)25-29)36-16-7-8-21-40-36)32-14-5-6-15-33(32)43(34)27-11-3-2-4-12-27/h2-25H,1H3.